The summed E-state index contributed by atoms with van der Waals surface area (Å²) in [7, 11) is 0. The van der Waals surface area contributed by atoms with Crippen molar-refractivity contribution in [2.45, 2.75) is 78.1 Å². The maximum absolute atomic E-state index is 14.7. The molecule has 51 heavy (non-hydrogen) atoms. The summed E-state index contributed by atoms with van der Waals surface area (Å²) >= 11 is 0. The van der Waals surface area contributed by atoms with E-state index < -0.39 is 5.41 Å². The number of rotatable bonds is 12. The lowest BCUT2D eigenvalue weighted by molar-refractivity contribution is -0.169. The van der Waals surface area contributed by atoms with Gasteiger partial charge in [-0.1, -0.05) is 25.0 Å². The normalized spacial score (nSPS) is 54.4. The first-order valence-electron chi connectivity index (χ1n) is 22.1. The molecule has 0 aromatic rings. The van der Waals surface area contributed by atoms with Gasteiger partial charge in [-0.05, 0) is 194 Å². The third kappa shape index (κ3) is 3.38. The van der Waals surface area contributed by atoms with Crippen molar-refractivity contribution in [3.8, 4) is 0 Å². The molecule has 0 saturated heterocycles. The van der Waals surface area contributed by atoms with Gasteiger partial charge in [-0.2, -0.15) is 0 Å². The van der Waals surface area contributed by atoms with Gasteiger partial charge in [-0.25, -0.2) is 0 Å². The maximum Gasteiger partial charge on any atom is 0.324 e. The minimum atomic E-state index is -1.15. The molecule has 0 aliphatic heterocycles. The molecule has 0 bridgehead atoms. The van der Waals surface area contributed by atoms with E-state index in [4.69, 9.17) is 18.9 Å². The van der Waals surface area contributed by atoms with E-state index in [1.54, 1.807) is 0 Å². The zero-order chi connectivity index (χ0) is 33.7. The molecule has 13 aliphatic rings. The molecule has 10 fully saturated rings. The van der Waals surface area contributed by atoms with Gasteiger partial charge in [0, 0.05) is 13.2 Å². The Kier molecular flexibility index (Phi) is 6.21. The molecule has 3 unspecified atom stereocenters. The van der Waals surface area contributed by atoms with Crippen LogP contribution in [0.4, 0.5) is 0 Å². The first-order valence-corrected chi connectivity index (χ1v) is 22.1. The van der Waals surface area contributed by atoms with Crippen molar-refractivity contribution in [1.82, 2.24) is 0 Å². The summed E-state index contributed by atoms with van der Waals surface area (Å²) in [6, 6.07) is 0. The van der Waals surface area contributed by atoms with Gasteiger partial charge in [0.25, 0.3) is 0 Å². The molecular formula is C45H58O6. The third-order valence-electron chi connectivity index (χ3n) is 19.5. The van der Waals surface area contributed by atoms with Crippen LogP contribution in [0.25, 0.3) is 0 Å². The van der Waals surface area contributed by atoms with Crippen LogP contribution in [0.1, 0.15) is 78.1 Å². The van der Waals surface area contributed by atoms with Gasteiger partial charge >= 0.3 is 11.9 Å². The van der Waals surface area contributed by atoms with E-state index in [1.807, 2.05) is 16.7 Å². The van der Waals surface area contributed by atoms with Crippen LogP contribution in [0.2, 0.25) is 0 Å². The van der Waals surface area contributed by atoms with Crippen molar-refractivity contribution in [1.29, 1.82) is 0 Å². The van der Waals surface area contributed by atoms with Gasteiger partial charge in [-0.3, -0.25) is 9.59 Å². The summed E-state index contributed by atoms with van der Waals surface area (Å²) in [5, 5.41) is 0. The molecule has 0 spiro atoms. The molecule has 0 heterocycles. The van der Waals surface area contributed by atoms with Crippen molar-refractivity contribution in [3.63, 3.8) is 0 Å². The van der Waals surface area contributed by atoms with E-state index in [0.29, 0.717) is 56.0 Å². The Morgan fingerprint density at radius 2 is 1.12 bits per heavy atom. The number of fused-ring (bicyclic) bond motifs is 3. The molecule has 274 valence electrons. The Morgan fingerprint density at radius 3 is 1.82 bits per heavy atom. The zero-order valence-corrected chi connectivity index (χ0v) is 30.8. The molecule has 10 saturated carbocycles. The average molecular weight is 695 g/mol. The van der Waals surface area contributed by atoms with Crippen molar-refractivity contribution in [3.05, 3.63) is 22.3 Å². The monoisotopic (exact) mass is 694 g/mol. The fraction of sp³-hybridized carbons (Fsp3) is 0.867. The lowest BCUT2D eigenvalue weighted by Gasteiger charge is -2.58. The predicted octanol–water partition coefficient (Wildman–Crippen LogP) is 7.13. The van der Waals surface area contributed by atoms with Crippen molar-refractivity contribution >= 4 is 11.9 Å². The molecule has 13 aliphatic carbocycles. The largest absolute Gasteiger partial charge is 0.462 e. The first kappa shape index (κ1) is 30.6. The minimum Gasteiger partial charge on any atom is -0.462 e. The topological polar surface area (TPSA) is 71.1 Å². The van der Waals surface area contributed by atoms with E-state index in [9.17, 15) is 9.59 Å². The molecule has 13 rings (SSSR count). The van der Waals surface area contributed by atoms with Crippen LogP contribution in [0.5, 0.6) is 0 Å². The molecule has 0 amide bonds. The van der Waals surface area contributed by atoms with Crippen LogP contribution in [0, 0.1) is 124 Å². The number of hydrogen-bond acceptors (Lipinski definition) is 6. The van der Waals surface area contributed by atoms with Crippen LogP contribution < -0.4 is 0 Å². The third-order valence-corrected chi connectivity index (χ3v) is 19.5. The summed E-state index contributed by atoms with van der Waals surface area (Å²) in [4.78, 5) is 29.5. The number of carbonyl (C=O) groups excluding carboxylic acids is 2. The fourth-order valence-electron chi connectivity index (χ4n) is 19.5. The lowest BCUT2D eigenvalue weighted by atomic mass is 9.46. The summed E-state index contributed by atoms with van der Waals surface area (Å²) in [5.41, 5.74) is 6.81. The molecule has 0 aromatic heterocycles. The Balaban J connectivity index is 0.945. The predicted molar refractivity (Wildman–Crippen MR) is 187 cm³/mol. The molecular weight excluding hydrogens is 636 g/mol. The van der Waals surface area contributed by atoms with Crippen LogP contribution in [0.15, 0.2) is 22.3 Å². The van der Waals surface area contributed by atoms with E-state index in [0.717, 1.165) is 89.8 Å². The molecule has 6 nitrogen and oxygen atoms in total. The van der Waals surface area contributed by atoms with Gasteiger partial charge in [0.2, 0.25) is 0 Å². The highest BCUT2D eigenvalue weighted by atomic mass is 16.6. The number of carbonyl (C=O) groups is 2. The van der Waals surface area contributed by atoms with E-state index >= 15 is 0 Å². The highest BCUT2D eigenvalue weighted by Crippen LogP contribution is 2.88. The molecule has 0 aromatic carbocycles. The molecule has 20 atom stereocenters. The van der Waals surface area contributed by atoms with Crippen LogP contribution >= 0.6 is 0 Å². The fourth-order valence-corrected chi connectivity index (χ4v) is 19.5. The number of hydrogen-bond donors (Lipinski definition) is 0. The summed E-state index contributed by atoms with van der Waals surface area (Å²) < 4.78 is 23.8. The van der Waals surface area contributed by atoms with Crippen molar-refractivity contribution in [2.75, 3.05) is 39.6 Å². The Labute approximate surface area is 303 Å². The van der Waals surface area contributed by atoms with Crippen LogP contribution in [-0.2, 0) is 28.5 Å². The van der Waals surface area contributed by atoms with Gasteiger partial charge in [0.05, 0.1) is 13.2 Å². The quantitative estimate of drug-likeness (QED) is 0.123. The Morgan fingerprint density at radius 1 is 0.529 bits per heavy atom. The number of ether oxygens (including phenoxy) is 4. The second-order valence-electron chi connectivity index (χ2n) is 20.5. The SMILES string of the molecule is CCCOCCOC(=O)C1(C(=O)OCCOCCC)[C@@H]2[C@H]3C[C@H]4C[C@H]5C[C@@H]6CC[C@@H]7C[C@@H]8C[C@@H]9C[C@H]([C@@H]%10C%11=C9C8=C8C9C([C@H]6[C@@H]87)[C@H]5[C@H]4[C@H](C%119)[C@H]3%10)[C@@H]21. The highest BCUT2D eigenvalue weighted by molar-refractivity contribution is 6.05. The number of allylic oxidation sites excluding steroid dienone is 4. The van der Waals surface area contributed by atoms with Crippen LogP contribution in [-0.4, -0.2) is 51.6 Å². The zero-order valence-electron chi connectivity index (χ0n) is 30.8. The average Bonchev–Trinajstić information content (AvgIpc) is 3.43. The smallest absolute Gasteiger partial charge is 0.324 e. The van der Waals surface area contributed by atoms with E-state index in [-0.39, 0.29) is 37.0 Å². The summed E-state index contributed by atoms with van der Waals surface area (Å²) in [5.74, 6) is 14.0. The van der Waals surface area contributed by atoms with Crippen molar-refractivity contribution < 1.29 is 28.5 Å². The summed E-state index contributed by atoms with van der Waals surface area (Å²) in [6.45, 7) is 6.75. The van der Waals surface area contributed by atoms with Gasteiger partial charge in [0.15, 0.2) is 5.41 Å². The molecule has 0 N–H and O–H groups in total. The highest BCUT2D eigenvalue weighted by Gasteiger charge is 2.88. The summed E-state index contributed by atoms with van der Waals surface area (Å²) in [6.07, 6.45) is 13.1. The molecule has 6 heteroatoms. The van der Waals surface area contributed by atoms with Gasteiger partial charge in [0.1, 0.15) is 13.2 Å². The maximum atomic E-state index is 14.7. The lowest BCUT2D eigenvalue weighted by Crippen LogP contribution is -2.54. The second kappa shape index (κ2) is 10.3. The second-order valence-corrected chi connectivity index (χ2v) is 20.5. The van der Waals surface area contributed by atoms with E-state index in [1.165, 1.54) is 51.4 Å². The minimum absolute atomic E-state index is 0.0671. The van der Waals surface area contributed by atoms with Gasteiger partial charge in [-0.15, -0.1) is 0 Å². The van der Waals surface area contributed by atoms with Crippen LogP contribution in [0.3, 0.4) is 0 Å². The van der Waals surface area contributed by atoms with E-state index in [2.05, 4.69) is 19.4 Å². The molecule has 0 radical (unpaired) electrons. The Bertz CT molecular complexity index is 1630. The number of esters is 2. The van der Waals surface area contributed by atoms with Gasteiger partial charge < -0.3 is 18.9 Å². The Hall–Kier alpha value is -1.66. The standard InChI is InChI=1S/C45H58O6/c1-3-7-48-9-11-50-43(46)45(44(47)51-12-10-49-8-4-2)41-25-17-23-15-21-13-19-5-6-20-14-22-16-24-18-26(42(41)45)34-33(25)37-31(23)29(21)35-27(19)28(20)36-30(22)32(24)38(34)40(37)39(35)36/h19-29,31,33-35,37,39-42H,3-18H2,1-2H3/t19-,20+,21+,22+,23+,24+,25-,26+,27+,28-,29+,31-,33+,34-,35?,37-,39?,40?,41+,42-/m0/s1. The first-order chi connectivity index (χ1) is 25.1. The van der Waals surface area contributed by atoms with Crippen molar-refractivity contribution in [2.24, 2.45) is 124 Å².